The lowest BCUT2D eigenvalue weighted by Crippen LogP contribution is -2.31. The van der Waals surface area contributed by atoms with Gasteiger partial charge < -0.3 is 19.7 Å². The van der Waals surface area contributed by atoms with Crippen molar-refractivity contribution in [2.24, 2.45) is 5.92 Å². The number of nitrogens with one attached hydrogen (secondary N) is 1. The molecule has 1 aromatic heterocycles. The molecule has 158 valence electrons. The third-order valence-electron chi connectivity index (χ3n) is 6.20. The van der Waals surface area contributed by atoms with E-state index in [1.807, 2.05) is 23.1 Å². The van der Waals surface area contributed by atoms with Gasteiger partial charge in [-0.1, -0.05) is 12.8 Å². The molecule has 30 heavy (non-hydrogen) atoms. The summed E-state index contributed by atoms with van der Waals surface area (Å²) in [7, 11) is 0. The number of carbonyl (C=O) groups is 2. The Kier molecular flexibility index (Phi) is 5.37. The first-order valence-electron chi connectivity index (χ1n) is 10.8. The normalized spacial score (nSPS) is 20.4. The third kappa shape index (κ3) is 3.90. The second-order valence-electron chi connectivity index (χ2n) is 8.26. The van der Waals surface area contributed by atoms with Gasteiger partial charge in [-0.25, -0.2) is 0 Å². The second-order valence-corrected chi connectivity index (χ2v) is 9.40. The molecule has 1 saturated heterocycles. The summed E-state index contributed by atoms with van der Waals surface area (Å²) in [4.78, 5) is 29.9. The first-order chi connectivity index (χ1) is 14.7. The van der Waals surface area contributed by atoms with Crippen molar-refractivity contribution in [2.75, 3.05) is 25.2 Å². The van der Waals surface area contributed by atoms with Gasteiger partial charge in [0.1, 0.15) is 0 Å². The maximum atomic E-state index is 13.0. The number of carbonyl (C=O) groups excluding carboxylic acids is 2. The quantitative estimate of drug-likeness (QED) is 0.797. The van der Waals surface area contributed by atoms with E-state index in [2.05, 4.69) is 5.32 Å². The number of fused-ring (bicyclic) bond motifs is 2. The Hall–Kier alpha value is -2.54. The average molecular weight is 427 g/mol. The number of benzene rings is 1. The van der Waals surface area contributed by atoms with Gasteiger partial charge >= 0.3 is 0 Å². The molecule has 5 rings (SSSR count). The molecule has 0 spiro atoms. The van der Waals surface area contributed by atoms with Crippen LogP contribution < -0.4 is 14.8 Å². The molecule has 1 N–H and O–H groups in total. The van der Waals surface area contributed by atoms with Crippen molar-refractivity contribution in [3.63, 3.8) is 0 Å². The molecule has 2 amide bonds. The SMILES string of the molecule is O=C(Nc1ccc2c(c1)OCO2)[C@@H]1CCc2sc(C(=O)N3CCCCCC3)cc2C1. The molecule has 0 saturated carbocycles. The maximum absolute atomic E-state index is 13.0. The van der Waals surface area contributed by atoms with Crippen LogP contribution >= 0.6 is 11.3 Å². The average Bonchev–Trinajstić information content (AvgIpc) is 3.31. The van der Waals surface area contributed by atoms with E-state index in [-0.39, 0.29) is 24.5 Å². The fraction of sp³-hybridized carbons (Fsp3) is 0.478. The van der Waals surface area contributed by atoms with Gasteiger partial charge in [0.05, 0.1) is 4.88 Å². The number of hydrogen-bond donors (Lipinski definition) is 1. The minimum absolute atomic E-state index is 0.0195. The van der Waals surface area contributed by atoms with Gasteiger partial charge in [-0.3, -0.25) is 9.59 Å². The number of ether oxygens (including phenoxy) is 2. The predicted molar refractivity (Wildman–Crippen MR) is 115 cm³/mol. The molecular formula is C23H26N2O4S. The smallest absolute Gasteiger partial charge is 0.263 e. The highest BCUT2D eigenvalue weighted by Gasteiger charge is 2.29. The van der Waals surface area contributed by atoms with Gasteiger partial charge in [0.15, 0.2) is 11.5 Å². The van der Waals surface area contributed by atoms with Crippen LogP contribution in [0.2, 0.25) is 0 Å². The maximum Gasteiger partial charge on any atom is 0.263 e. The van der Waals surface area contributed by atoms with E-state index in [0.717, 1.165) is 54.9 Å². The number of rotatable bonds is 3. The van der Waals surface area contributed by atoms with E-state index in [1.54, 1.807) is 17.4 Å². The fourth-order valence-electron chi connectivity index (χ4n) is 4.50. The van der Waals surface area contributed by atoms with E-state index in [1.165, 1.54) is 17.7 Å². The van der Waals surface area contributed by atoms with Crippen LogP contribution in [0.5, 0.6) is 11.5 Å². The van der Waals surface area contributed by atoms with Crippen molar-refractivity contribution < 1.29 is 19.1 Å². The van der Waals surface area contributed by atoms with Crippen LogP contribution in [-0.2, 0) is 17.6 Å². The molecule has 2 aliphatic heterocycles. The number of hydrogen-bond acceptors (Lipinski definition) is 5. The molecule has 6 nitrogen and oxygen atoms in total. The Morgan fingerprint density at radius 2 is 1.83 bits per heavy atom. The first kappa shape index (κ1) is 19.4. The van der Waals surface area contributed by atoms with E-state index >= 15 is 0 Å². The highest BCUT2D eigenvalue weighted by Crippen LogP contribution is 2.36. The summed E-state index contributed by atoms with van der Waals surface area (Å²) in [6.07, 6.45) is 6.97. The number of amides is 2. The number of aryl methyl sites for hydroxylation is 1. The van der Waals surface area contributed by atoms with Crippen LogP contribution in [0.25, 0.3) is 0 Å². The van der Waals surface area contributed by atoms with E-state index in [4.69, 9.17) is 9.47 Å². The molecule has 1 aromatic carbocycles. The molecule has 3 heterocycles. The summed E-state index contributed by atoms with van der Waals surface area (Å²) >= 11 is 1.62. The second kappa shape index (κ2) is 8.30. The Morgan fingerprint density at radius 1 is 1.03 bits per heavy atom. The molecule has 2 aromatic rings. The van der Waals surface area contributed by atoms with Crippen molar-refractivity contribution in [3.05, 3.63) is 39.6 Å². The van der Waals surface area contributed by atoms with E-state index in [9.17, 15) is 9.59 Å². The molecule has 1 aliphatic carbocycles. The van der Waals surface area contributed by atoms with Crippen LogP contribution in [-0.4, -0.2) is 36.6 Å². The molecule has 1 fully saturated rings. The van der Waals surface area contributed by atoms with Crippen LogP contribution in [0.15, 0.2) is 24.3 Å². The zero-order valence-electron chi connectivity index (χ0n) is 16.9. The lowest BCUT2D eigenvalue weighted by molar-refractivity contribution is -0.120. The molecule has 0 bridgehead atoms. The van der Waals surface area contributed by atoms with Gasteiger partial charge in [-0.15, -0.1) is 11.3 Å². The van der Waals surface area contributed by atoms with Crippen molar-refractivity contribution in [2.45, 2.75) is 44.9 Å². The van der Waals surface area contributed by atoms with E-state index < -0.39 is 0 Å². The predicted octanol–water partition coefficient (Wildman–Crippen LogP) is 4.24. The summed E-state index contributed by atoms with van der Waals surface area (Å²) in [5, 5.41) is 3.01. The Bertz CT molecular complexity index is 962. The molecule has 0 unspecified atom stereocenters. The summed E-state index contributed by atoms with van der Waals surface area (Å²) in [6, 6.07) is 7.49. The number of likely N-dealkylation sites (tertiary alicyclic amines) is 1. The van der Waals surface area contributed by atoms with Gasteiger partial charge in [-0.05, 0) is 55.9 Å². The van der Waals surface area contributed by atoms with Crippen molar-refractivity contribution >= 4 is 28.8 Å². The minimum atomic E-state index is -0.0846. The van der Waals surface area contributed by atoms with Crippen LogP contribution in [0.4, 0.5) is 5.69 Å². The van der Waals surface area contributed by atoms with Gasteiger partial charge in [0.25, 0.3) is 5.91 Å². The van der Waals surface area contributed by atoms with Crippen LogP contribution in [0.1, 0.15) is 52.2 Å². The number of anilines is 1. The van der Waals surface area contributed by atoms with Crippen molar-refractivity contribution in [1.29, 1.82) is 0 Å². The lowest BCUT2D eigenvalue weighted by Gasteiger charge is -2.21. The molecule has 3 aliphatic rings. The summed E-state index contributed by atoms with van der Waals surface area (Å²) in [5.41, 5.74) is 1.88. The van der Waals surface area contributed by atoms with Gasteiger partial charge in [0.2, 0.25) is 12.7 Å². The Morgan fingerprint density at radius 3 is 2.67 bits per heavy atom. The van der Waals surface area contributed by atoms with Crippen molar-refractivity contribution in [1.82, 2.24) is 4.90 Å². The first-order valence-corrected chi connectivity index (χ1v) is 11.6. The third-order valence-corrected chi connectivity index (χ3v) is 7.42. The standard InChI is InChI=1S/C23H26N2O4S/c26-22(24-17-6-7-18-19(13-17)29-14-28-18)15-5-8-20-16(11-15)12-21(30-20)23(27)25-9-3-1-2-4-10-25/h6-7,12-13,15H,1-5,8-11,14H2,(H,24,26)/t15-/m1/s1. The number of thiophene rings is 1. The molecule has 7 heteroatoms. The zero-order valence-corrected chi connectivity index (χ0v) is 17.8. The Labute approximate surface area is 180 Å². The Balaban J connectivity index is 1.24. The minimum Gasteiger partial charge on any atom is -0.454 e. The van der Waals surface area contributed by atoms with Gasteiger partial charge in [0, 0.05) is 35.6 Å². The zero-order chi connectivity index (χ0) is 20.5. The molecule has 1 atom stereocenters. The largest absolute Gasteiger partial charge is 0.454 e. The topological polar surface area (TPSA) is 67.9 Å². The highest BCUT2D eigenvalue weighted by atomic mass is 32.1. The number of nitrogens with zero attached hydrogens (tertiary/aromatic N) is 1. The summed E-state index contributed by atoms with van der Waals surface area (Å²) < 4.78 is 10.7. The highest BCUT2D eigenvalue weighted by molar-refractivity contribution is 7.14. The fourth-order valence-corrected chi connectivity index (χ4v) is 5.68. The van der Waals surface area contributed by atoms with Crippen LogP contribution in [0, 0.1) is 5.92 Å². The van der Waals surface area contributed by atoms with Gasteiger partial charge in [-0.2, -0.15) is 0 Å². The van der Waals surface area contributed by atoms with Crippen molar-refractivity contribution in [3.8, 4) is 11.5 Å². The lowest BCUT2D eigenvalue weighted by atomic mass is 9.87. The summed E-state index contributed by atoms with van der Waals surface area (Å²) in [6.45, 7) is 1.94. The summed E-state index contributed by atoms with van der Waals surface area (Å²) in [5.74, 6) is 1.46. The molecular weight excluding hydrogens is 400 g/mol. The van der Waals surface area contributed by atoms with E-state index in [0.29, 0.717) is 17.9 Å². The van der Waals surface area contributed by atoms with Crippen LogP contribution in [0.3, 0.4) is 0 Å². The molecule has 0 radical (unpaired) electrons. The monoisotopic (exact) mass is 426 g/mol.